The molecule has 2 rings (SSSR count). The van der Waals surface area contributed by atoms with E-state index in [-0.39, 0.29) is 22.4 Å². The Morgan fingerprint density at radius 3 is 2.52 bits per heavy atom. The standard InChI is InChI=1S/C20H20N2O5/c1-4-9-22-12(2)16(19(24)25)17(14-8-6-5-7-13(14)10-21)18(15(22)11-23)20(26)27-3/h5-8,11,17H,4,9H2,1-3H3,(H,24,25). The Morgan fingerprint density at radius 1 is 1.33 bits per heavy atom. The summed E-state index contributed by atoms with van der Waals surface area (Å²) in [5.74, 6) is -3.11. The van der Waals surface area contributed by atoms with Crippen LogP contribution in [0.5, 0.6) is 0 Å². The first-order valence-corrected chi connectivity index (χ1v) is 8.41. The van der Waals surface area contributed by atoms with Gasteiger partial charge >= 0.3 is 11.9 Å². The number of benzene rings is 1. The molecule has 0 bridgehead atoms. The van der Waals surface area contributed by atoms with E-state index in [1.54, 1.807) is 25.1 Å². The van der Waals surface area contributed by atoms with Crippen molar-refractivity contribution in [2.45, 2.75) is 26.2 Å². The van der Waals surface area contributed by atoms with E-state index >= 15 is 0 Å². The fraction of sp³-hybridized carbons (Fsp3) is 0.300. The monoisotopic (exact) mass is 368 g/mol. The van der Waals surface area contributed by atoms with Gasteiger partial charge in [0, 0.05) is 12.2 Å². The van der Waals surface area contributed by atoms with Crippen molar-refractivity contribution in [3.8, 4) is 6.07 Å². The van der Waals surface area contributed by atoms with Crippen LogP contribution in [-0.4, -0.2) is 41.9 Å². The first kappa shape index (κ1) is 19.9. The van der Waals surface area contributed by atoms with Crippen LogP contribution in [-0.2, 0) is 19.1 Å². The third kappa shape index (κ3) is 3.47. The molecule has 1 aromatic carbocycles. The second-order valence-electron chi connectivity index (χ2n) is 6.00. The first-order valence-electron chi connectivity index (χ1n) is 8.41. The molecule has 0 aromatic heterocycles. The number of nitrogens with zero attached hydrogens (tertiary/aromatic N) is 2. The predicted molar refractivity (Wildman–Crippen MR) is 96.3 cm³/mol. The molecule has 0 spiro atoms. The minimum atomic E-state index is -1.22. The Kier molecular flexibility index (Phi) is 6.14. The molecule has 1 aromatic rings. The van der Waals surface area contributed by atoms with Crippen LogP contribution in [0.1, 0.15) is 37.3 Å². The summed E-state index contributed by atoms with van der Waals surface area (Å²) >= 11 is 0. The summed E-state index contributed by atoms with van der Waals surface area (Å²) in [7, 11) is 1.17. The molecule has 27 heavy (non-hydrogen) atoms. The number of carbonyl (C=O) groups excluding carboxylic acids is 2. The fourth-order valence-electron chi connectivity index (χ4n) is 3.38. The van der Waals surface area contributed by atoms with E-state index in [4.69, 9.17) is 4.74 Å². The van der Waals surface area contributed by atoms with Gasteiger partial charge < -0.3 is 14.7 Å². The van der Waals surface area contributed by atoms with Gasteiger partial charge in [-0.1, -0.05) is 25.1 Å². The number of hydrogen-bond acceptors (Lipinski definition) is 6. The number of carbonyl (C=O) groups is 3. The average Bonchev–Trinajstić information content (AvgIpc) is 2.67. The van der Waals surface area contributed by atoms with Gasteiger partial charge in [-0.2, -0.15) is 5.26 Å². The number of carboxylic acids is 1. The molecule has 0 saturated carbocycles. The number of nitriles is 1. The lowest BCUT2D eigenvalue weighted by atomic mass is 9.78. The number of rotatable bonds is 6. The third-order valence-electron chi connectivity index (χ3n) is 4.53. The number of aliphatic carboxylic acids is 1. The van der Waals surface area contributed by atoms with Crippen molar-refractivity contribution in [1.82, 2.24) is 4.90 Å². The van der Waals surface area contributed by atoms with Gasteiger partial charge in [-0.25, -0.2) is 9.59 Å². The SMILES string of the molecule is CCCN1C(C)=C(C(=O)O)C(c2ccccc2C#N)C(C(=O)OC)=C1C=O. The molecule has 140 valence electrons. The smallest absolute Gasteiger partial charge is 0.336 e. The topological polar surface area (TPSA) is 108 Å². The maximum absolute atomic E-state index is 12.6. The predicted octanol–water partition coefficient (Wildman–Crippen LogP) is 2.35. The number of allylic oxidation sites excluding steroid dienone is 2. The van der Waals surface area contributed by atoms with E-state index in [0.717, 1.165) is 0 Å². The summed E-state index contributed by atoms with van der Waals surface area (Å²) in [5, 5.41) is 19.3. The fourth-order valence-corrected chi connectivity index (χ4v) is 3.38. The molecular formula is C20H20N2O5. The normalized spacial score (nSPS) is 16.8. The summed E-state index contributed by atoms with van der Waals surface area (Å²) in [6.07, 6.45) is 1.17. The van der Waals surface area contributed by atoms with E-state index in [9.17, 15) is 24.8 Å². The molecule has 7 heteroatoms. The maximum atomic E-state index is 12.6. The summed E-state index contributed by atoms with van der Waals surface area (Å²) in [6, 6.07) is 8.44. The molecule has 1 N–H and O–H groups in total. The zero-order valence-electron chi connectivity index (χ0n) is 15.4. The van der Waals surface area contributed by atoms with Crippen LogP contribution in [0.3, 0.4) is 0 Å². The number of hydrogen-bond donors (Lipinski definition) is 1. The van der Waals surface area contributed by atoms with E-state index in [1.165, 1.54) is 18.1 Å². The quantitative estimate of drug-likeness (QED) is 0.606. The number of aldehydes is 1. The Bertz CT molecular complexity index is 892. The average molecular weight is 368 g/mol. The summed E-state index contributed by atoms with van der Waals surface area (Å²) in [4.78, 5) is 38.1. The molecule has 1 aliphatic rings. The van der Waals surface area contributed by atoms with E-state index < -0.39 is 17.9 Å². The lowest BCUT2D eigenvalue weighted by Gasteiger charge is -2.36. The van der Waals surface area contributed by atoms with Crippen LogP contribution < -0.4 is 0 Å². The molecule has 1 aliphatic heterocycles. The van der Waals surface area contributed by atoms with Gasteiger partial charge in [0.2, 0.25) is 0 Å². The minimum absolute atomic E-state index is 0.0582. The molecule has 0 fully saturated rings. The largest absolute Gasteiger partial charge is 0.478 e. The lowest BCUT2D eigenvalue weighted by molar-refractivity contribution is -0.137. The van der Waals surface area contributed by atoms with Crippen molar-refractivity contribution in [2.24, 2.45) is 0 Å². The second-order valence-corrected chi connectivity index (χ2v) is 6.00. The molecule has 1 unspecified atom stereocenters. The van der Waals surface area contributed by atoms with Crippen LogP contribution in [0.15, 0.2) is 46.8 Å². The second kappa shape index (κ2) is 8.32. The molecule has 7 nitrogen and oxygen atoms in total. The van der Waals surface area contributed by atoms with Crippen molar-refractivity contribution in [3.05, 3.63) is 57.9 Å². The lowest BCUT2D eigenvalue weighted by Crippen LogP contribution is -2.36. The van der Waals surface area contributed by atoms with Crippen molar-refractivity contribution in [3.63, 3.8) is 0 Å². The first-order chi connectivity index (χ1) is 12.9. The number of carboxylic acid groups (broad SMARTS) is 1. The number of ether oxygens (including phenoxy) is 1. The van der Waals surface area contributed by atoms with Gasteiger partial charge in [0.15, 0.2) is 6.29 Å². The highest BCUT2D eigenvalue weighted by Gasteiger charge is 2.41. The van der Waals surface area contributed by atoms with Crippen LogP contribution in [0.25, 0.3) is 0 Å². The van der Waals surface area contributed by atoms with Crippen LogP contribution >= 0.6 is 0 Å². The summed E-state index contributed by atoms with van der Waals surface area (Å²) in [5.41, 5.74) is 0.849. The molecule has 0 amide bonds. The summed E-state index contributed by atoms with van der Waals surface area (Å²) < 4.78 is 4.86. The van der Waals surface area contributed by atoms with Gasteiger partial charge in [0.25, 0.3) is 0 Å². The molecule has 0 radical (unpaired) electrons. The van der Waals surface area contributed by atoms with Gasteiger partial charge in [-0.3, -0.25) is 4.79 Å². The van der Waals surface area contributed by atoms with Crippen molar-refractivity contribution >= 4 is 18.2 Å². The Hall–Kier alpha value is -3.40. The highest BCUT2D eigenvalue weighted by molar-refractivity contribution is 6.03. The van der Waals surface area contributed by atoms with Crippen molar-refractivity contribution in [1.29, 1.82) is 5.26 Å². The zero-order chi connectivity index (χ0) is 20.1. The van der Waals surface area contributed by atoms with Gasteiger partial charge in [0.05, 0.1) is 41.5 Å². The van der Waals surface area contributed by atoms with E-state index in [1.807, 2.05) is 13.0 Å². The highest BCUT2D eigenvalue weighted by Crippen LogP contribution is 2.43. The maximum Gasteiger partial charge on any atom is 0.336 e. The van der Waals surface area contributed by atoms with Crippen LogP contribution in [0, 0.1) is 11.3 Å². The Balaban J connectivity index is 2.92. The Labute approximate surface area is 157 Å². The Morgan fingerprint density at radius 2 is 2.00 bits per heavy atom. The van der Waals surface area contributed by atoms with Gasteiger partial charge in [-0.05, 0) is 25.0 Å². The molecule has 0 saturated heterocycles. The van der Waals surface area contributed by atoms with E-state index in [0.29, 0.717) is 30.5 Å². The molecule has 1 heterocycles. The summed E-state index contributed by atoms with van der Waals surface area (Å²) in [6.45, 7) is 3.84. The molecular weight excluding hydrogens is 348 g/mol. The molecule has 1 atom stereocenters. The highest BCUT2D eigenvalue weighted by atomic mass is 16.5. The van der Waals surface area contributed by atoms with Crippen molar-refractivity contribution in [2.75, 3.05) is 13.7 Å². The van der Waals surface area contributed by atoms with Gasteiger partial charge in [-0.15, -0.1) is 0 Å². The van der Waals surface area contributed by atoms with E-state index in [2.05, 4.69) is 0 Å². The molecule has 0 aliphatic carbocycles. The van der Waals surface area contributed by atoms with Gasteiger partial charge in [0.1, 0.15) is 0 Å². The number of esters is 1. The minimum Gasteiger partial charge on any atom is -0.478 e. The third-order valence-corrected chi connectivity index (χ3v) is 4.53. The van der Waals surface area contributed by atoms with Crippen molar-refractivity contribution < 1.29 is 24.2 Å². The number of methoxy groups -OCH3 is 1. The van der Waals surface area contributed by atoms with Crippen LogP contribution in [0.4, 0.5) is 0 Å². The zero-order valence-corrected chi connectivity index (χ0v) is 15.4. The van der Waals surface area contributed by atoms with Crippen LogP contribution in [0.2, 0.25) is 0 Å².